The van der Waals surface area contributed by atoms with E-state index < -0.39 is 11.0 Å². The van der Waals surface area contributed by atoms with E-state index in [0.29, 0.717) is 41.0 Å². The van der Waals surface area contributed by atoms with Gasteiger partial charge in [-0.05, 0) is 32.5 Å². The van der Waals surface area contributed by atoms with Crippen LogP contribution in [0.1, 0.15) is 20.8 Å². The second-order valence-corrected chi connectivity index (χ2v) is 11.5. The highest BCUT2D eigenvalue weighted by Gasteiger charge is 2.23. The second-order valence-electron chi connectivity index (χ2n) is 8.42. The predicted octanol–water partition coefficient (Wildman–Crippen LogP) is 2.41. The highest BCUT2D eigenvalue weighted by molar-refractivity contribution is 7.99. The Hall–Kier alpha value is -2.57. The molecule has 3 heterocycles. The van der Waals surface area contributed by atoms with Gasteiger partial charge < -0.3 is 24.7 Å². The molecule has 0 saturated heterocycles. The third-order valence-corrected chi connectivity index (χ3v) is 7.41. The zero-order valence-electron chi connectivity index (χ0n) is 18.7. The number of benzene rings is 1. The molecule has 1 aromatic carbocycles. The number of ether oxygens (including phenoxy) is 2. The first-order chi connectivity index (χ1) is 15.1. The molecule has 172 valence electrons. The Morgan fingerprint density at radius 3 is 2.66 bits per heavy atom. The third kappa shape index (κ3) is 4.48. The first-order valence-electron chi connectivity index (χ1n) is 10.1. The molecule has 2 aromatic heterocycles. The lowest BCUT2D eigenvalue weighted by Crippen LogP contribution is -2.35. The van der Waals surface area contributed by atoms with Crippen molar-refractivity contribution in [3.63, 3.8) is 0 Å². The van der Waals surface area contributed by atoms with Gasteiger partial charge in [0.2, 0.25) is 6.79 Å². The minimum absolute atomic E-state index is 0.206. The molecule has 0 bridgehead atoms. The van der Waals surface area contributed by atoms with E-state index in [4.69, 9.17) is 20.2 Å². The number of anilines is 2. The molecular weight excluding hydrogens is 450 g/mol. The van der Waals surface area contributed by atoms with Crippen molar-refractivity contribution in [2.45, 2.75) is 42.1 Å². The quantitative estimate of drug-likeness (QED) is 0.528. The normalized spacial score (nSPS) is 14.2. The average molecular weight is 478 g/mol. The van der Waals surface area contributed by atoms with Gasteiger partial charge in [0.25, 0.3) is 0 Å². The van der Waals surface area contributed by atoms with Gasteiger partial charge in [0.1, 0.15) is 6.33 Å². The molecule has 0 radical (unpaired) electrons. The summed E-state index contributed by atoms with van der Waals surface area (Å²) < 4.78 is 28.2. The maximum absolute atomic E-state index is 12.4. The van der Waals surface area contributed by atoms with E-state index in [1.54, 1.807) is 0 Å². The van der Waals surface area contributed by atoms with Gasteiger partial charge in [0.15, 0.2) is 33.6 Å². The molecule has 0 saturated carbocycles. The van der Waals surface area contributed by atoms with Gasteiger partial charge in [0, 0.05) is 44.2 Å². The lowest BCUT2D eigenvalue weighted by atomic mass is 10.2. The zero-order chi connectivity index (χ0) is 23.0. The predicted molar refractivity (Wildman–Crippen MR) is 127 cm³/mol. The van der Waals surface area contributed by atoms with Gasteiger partial charge in [-0.15, -0.1) is 0 Å². The van der Waals surface area contributed by atoms with Crippen LogP contribution in [0.15, 0.2) is 28.5 Å². The number of nitrogens with two attached hydrogens (primary N) is 1. The van der Waals surface area contributed by atoms with Crippen LogP contribution in [0.2, 0.25) is 0 Å². The molecule has 0 fully saturated rings. The molecule has 3 N–H and O–H groups in total. The SMILES string of the molecule is CN(C)c1cc2c(cc1Sc1nc3c(N)ncnc3n1CCNS(=O)C(C)(C)C)OCO2. The van der Waals surface area contributed by atoms with E-state index in [1.165, 1.54) is 18.1 Å². The van der Waals surface area contributed by atoms with E-state index in [-0.39, 0.29) is 11.5 Å². The minimum Gasteiger partial charge on any atom is -0.454 e. The average Bonchev–Trinajstić information content (AvgIpc) is 3.31. The summed E-state index contributed by atoms with van der Waals surface area (Å²) in [7, 11) is 2.77. The molecule has 1 aliphatic rings. The van der Waals surface area contributed by atoms with Crippen molar-refractivity contribution in [2.75, 3.05) is 38.1 Å². The van der Waals surface area contributed by atoms with Crippen LogP contribution in [0.3, 0.4) is 0 Å². The van der Waals surface area contributed by atoms with E-state index in [1.807, 2.05) is 56.5 Å². The Morgan fingerprint density at radius 1 is 1.25 bits per heavy atom. The Bertz CT molecular complexity index is 1170. The number of imidazole rings is 1. The topological polar surface area (TPSA) is 120 Å². The smallest absolute Gasteiger partial charge is 0.231 e. The molecule has 0 aliphatic carbocycles. The number of nitrogen functional groups attached to an aromatic ring is 1. The number of hydrogen-bond acceptors (Lipinski definition) is 9. The van der Waals surface area contributed by atoms with Crippen LogP contribution >= 0.6 is 11.8 Å². The van der Waals surface area contributed by atoms with Gasteiger partial charge in [0.05, 0.1) is 21.4 Å². The van der Waals surface area contributed by atoms with Crippen LogP contribution < -0.4 is 24.8 Å². The van der Waals surface area contributed by atoms with Crippen LogP contribution in [0.25, 0.3) is 11.2 Å². The molecule has 0 amide bonds. The molecule has 3 aromatic rings. The number of fused-ring (bicyclic) bond motifs is 2. The first-order valence-corrected chi connectivity index (χ1v) is 12.0. The number of hydrogen-bond donors (Lipinski definition) is 2. The third-order valence-electron chi connectivity index (χ3n) is 4.79. The largest absolute Gasteiger partial charge is 0.454 e. The van der Waals surface area contributed by atoms with Crippen molar-refractivity contribution in [2.24, 2.45) is 0 Å². The summed E-state index contributed by atoms with van der Waals surface area (Å²) in [5, 5.41) is 0.706. The fourth-order valence-corrected chi connectivity index (χ4v) is 4.97. The number of aromatic nitrogens is 4. The highest BCUT2D eigenvalue weighted by atomic mass is 32.2. The van der Waals surface area contributed by atoms with Crippen LogP contribution in [0, 0.1) is 0 Å². The van der Waals surface area contributed by atoms with Crippen molar-refractivity contribution >= 4 is 45.4 Å². The standard InChI is InChI=1S/C20H27N7O3S2/c1-20(2,3)32(28)24-6-7-27-18-16(17(21)22-10-23-18)25-19(27)31-15-9-14-13(29-11-30-14)8-12(15)26(4)5/h8-10,24H,6-7,11H2,1-5H3,(H2,21,22,23). The lowest BCUT2D eigenvalue weighted by Gasteiger charge is -2.19. The number of rotatable bonds is 7. The van der Waals surface area contributed by atoms with Gasteiger partial charge in [-0.25, -0.2) is 23.9 Å². The molecule has 1 aliphatic heterocycles. The van der Waals surface area contributed by atoms with Crippen LogP contribution in [-0.4, -0.2) is 55.9 Å². The molecule has 12 heteroatoms. The fourth-order valence-electron chi connectivity index (χ4n) is 3.12. The lowest BCUT2D eigenvalue weighted by molar-refractivity contribution is 0.174. The Morgan fingerprint density at radius 2 is 1.97 bits per heavy atom. The van der Waals surface area contributed by atoms with Crippen molar-refractivity contribution in [1.82, 2.24) is 24.2 Å². The van der Waals surface area contributed by atoms with Crippen LogP contribution in [0.4, 0.5) is 11.5 Å². The molecule has 10 nitrogen and oxygen atoms in total. The summed E-state index contributed by atoms with van der Waals surface area (Å²) >= 11 is 1.48. The van der Waals surface area contributed by atoms with Gasteiger partial charge >= 0.3 is 0 Å². The first kappa shape index (κ1) is 22.6. The fraction of sp³-hybridized carbons (Fsp3) is 0.450. The molecule has 1 unspecified atom stereocenters. The molecule has 32 heavy (non-hydrogen) atoms. The number of nitrogens with zero attached hydrogens (tertiary/aromatic N) is 5. The maximum atomic E-state index is 12.4. The monoisotopic (exact) mass is 477 g/mol. The molecule has 1 atom stereocenters. The van der Waals surface area contributed by atoms with E-state index in [0.717, 1.165) is 16.3 Å². The van der Waals surface area contributed by atoms with E-state index >= 15 is 0 Å². The summed E-state index contributed by atoms with van der Waals surface area (Å²) in [5.41, 5.74) is 8.22. The van der Waals surface area contributed by atoms with Crippen molar-refractivity contribution in [3.05, 3.63) is 18.5 Å². The van der Waals surface area contributed by atoms with Crippen LogP contribution in [0.5, 0.6) is 11.5 Å². The van der Waals surface area contributed by atoms with Gasteiger partial charge in [-0.2, -0.15) is 0 Å². The number of nitrogens with one attached hydrogen (secondary N) is 1. The van der Waals surface area contributed by atoms with E-state index in [9.17, 15) is 4.21 Å². The summed E-state index contributed by atoms with van der Waals surface area (Å²) in [6.45, 7) is 6.99. The Kier molecular flexibility index (Phi) is 6.19. The van der Waals surface area contributed by atoms with Crippen molar-refractivity contribution < 1.29 is 13.7 Å². The van der Waals surface area contributed by atoms with Crippen molar-refractivity contribution in [1.29, 1.82) is 0 Å². The molecule has 0 spiro atoms. The maximum Gasteiger partial charge on any atom is 0.231 e. The summed E-state index contributed by atoms with van der Waals surface area (Å²) in [6.07, 6.45) is 1.43. The van der Waals surface area contributed by atoms with E-state index in [2.05, 4.69) is 14.7 Å². The zero-order valence-corrected chi connectivity index (χ0v) is 20.3. The second kappa shape index (κ2) is 8.75. The van der Waals surface area contributed by atoms with Gasteiger partial charge in [-0.1, -0.05) is 0 Å². The molecule has 4 rings (SSSR count). The minimum atomic E-state index is -1.18. The van der Waals surface area contributed by atoms with Gasteiger partial charge in [-0.3, -0.25) is 0 Å². The Balaban J connectivity index is 1.69. The summed E-state index contributed by atoms with van der Waals surface area (Å²) in [6, 6.07) is 3.91. The van der Waals surface area contributed by atoms with Crippen molar-refractivity contribution in [3.8, 4) is 11.5 Å². The highest BCUT2D eigenvalue weighted by Crippen LogP contribution is 2.44. The van der Waals surface area contributed by atoms with Crippen LogP contribution in [-0.2, 0) is 17.5 Å². The summed E-state index contributed by atoms with van der Waals surface area (Å²) in [5.74, 6) is 1.73. The Labute approximate surface area is 193 Å². The summed E-state index contributed by atoms with van der Waals surface area (Å²) in [4.78, 5) is 16.2. The molecular formula is C20H27N7O3S2.